The molecule has 1 aliphatic heterocycles. The number of imide groups is 2. The summed E-state index contributed by atoms with van der Waals surface area (Å²) < 4.78 is 7.28. The van der Waals surface area contributed by atoms with Crippen LogP contribution in [0, 0.1) is 0 Å². The molecule has 2 N–H and O–H groups in total. The van der Waals surface area contributed by atoms with Gasteiger partial charge in [0.05, 0.1) is 21.2 Å². The van der Waals surface area contributed by atoms with Crippen molar-refractivity contribution >= 4 is 61.5 Å². The Morgan fingerprint density at radius 2 is 1.59 bits per heavy atom. The van der Waals surface area contributed by atoms with Crippen molar-refractivity contribution in [2.24, 2.45) is 0 Å². The first kappa shape index (κ1) is 26.0. The maximum atomic E-state index is 13.0. The monoisotopic (exact) mass is 592 g/mol. The number of carbonyl (C=O) groups is 3. The van der Waals surface area contributed by atoms with Crippen LogP contribution < -0.4 is 15.0 Å². The van der Waals surface area contributed by atoms with E-state index in [1.165, 1.54) is 56.0 Å². The number of benzene rings is 2. The molecule has 1 saturated heterocycles. The minimum Gasteiger partial charge on any atom is -0.508 e. The number of unbranched alkanes of at least 4 members (excludes halogenated alkanes) is 5. The number of anilines is 1. The van der Waals surface area contributed by atoms with Crippen LogP contribution in [0.5, 0.6) is 11.5 Å². The zero-order chi connectivity index (χ0) is 24.7. The maximum Gasteiger partial charge on any atom is 0.335 e. The number of aromatic hydroxyl groups is 1. The Morgan fingerprint density at radius 3 is 2.24 bits per heavy atom. The van der Waals surface area contributed by atoms with Gasteiger partial charge in [-0.3, -0.25) is 14.9 Å². The molecule has 0 spiro atoms. The highest BCUT2D eigenvalue weighted by Crippen LogP contribution is 2.36. The first-order valence-corrected chi connectivity index (χ1v) is 12.7. The van der Waals surface area contributed by atoms with Gasteiger partial charge in [0.15, 0.2) is 0 Å². The van der Waals surface area contributed by atoms with Gasteiger partial charge in [-0.05, 0) is 86.3 Å². The van der Waals surface area contributed by atoms with Crippen LogP contribution in [0.25, 0.3) is 6.08 Å². The molecule has 0 unspecified atom stereocenters. The summed E-state index contributed by atoms with van der Waals surface area (Å²) in [5, 5.41) is 11.7. The number of carbonyl (C=O) groups excluding carboxylic acids is 3. The second kappa shape index (κ2) is 12.2. The fourth-order valence-electron chi connectivity index (χ4n) is 3.52. The smallest absolute Gasteiger partial charge is 0.335 e. The zero-order valence-electron chi connectivity index (χ0n) is 18.8. The molecule has 9 heteroatoms. The average molecular weight is 594 g/mol. The number of ether oxygens (including phenoxy) is 1. The minimum atomic E-state index is -0.848. The number of rotatable bonds is 10. The van der Waals surface area contributed by atoms with Crippen LogP contribution in [0.1, 0.15) is 51.0 Å². The van der Waals surface area contributed by atoms with E-state index >= 15 is 0 Å². The summed E-state index contributed by atoms with van der Waals surface area (Å²) in [5.41, 5.74) is 0.621. The van der Waals surface area contributed by atoms with Crippen LogP contribution in [0.4, 0.5) is 10.5 Å². The molecule has 0 aromatic heterocycles. The van der Waals surface area contributed by atoms with Gasteiger partial charge in [0.2, 0.25) is 0 Å². The van der Waals surface area contributed by atoms with Crippen molar-refractivity contribution in [2.45, 2.75) is 45.4 Å². The standard InChI is InChI=1S/C25H26Br2N2O5/c1-2-3-4-5-6-7-12-34-22-20(26)14-16(15-21(22)27)13-19-23(31)28-25(33)29(24(19)32)17-8-10-18(30)11-9-17/h8-11,13-15,30H,2-7,12H2,1H3,(H,28,31,33)/b19-13-. The van der Waals surface area contributed by atoms with Crippen molar-refractivity contribution in [1.82, 2.24) is 5.32 Å². The predicted octanol–water partition coefficient (Wildman–Crippen LogP) is 6.32. The number of hydrogen-bond donors (Lipinski definition) is 2. The molecule has 180 valence electrons. The molecule has 34 heavy (non-hydrogen) atoms. The van der Waals surface area contributed by atoms with Crippen LogP contribution in [-0.4, -0.2) is 29.6 Å². The van der Waals surface area contributed by atoms with Gasteiger partial charge in [-0.25, -0.2) is 9.69 Å². The Kier molecular flexibility index (Phi) is 9.29. The van der Waals surface area contributed by atoms with Gasteiger partial charge in [-0.15, -0.1) is 0 Å². The quantitative estimate of drug-likeness (QED) is 0.191. The summed E-state index contributed by atoms with van der Waals surface area (Å²) >= 11 is 7.01. The predicted molar refractivity (Wildman–Crippen MR) is 138 cm³/mol. The normalized spacial score (nSPS) is 15.1. The zero-order valence-corrected chi connectivity index (χ0v) is 21.9. The van der Waals surface area contributed by atoms with E-state index in [-0.39, 0.29) is 17.0 Å². The fourth-order valence-corrected chi connectivity index (χ4v) is 4.97. The van der Waals surface area contributed by atoms with Crippen LogP contribution in [0.15, 0.2) is 50.9 Å². The molecule has 0 aliphatic carbocycles. The fraction of sp³-hybridized carbons (Fsp3) is 0.320. The van der Waals surface area contributed by atoms with Crippen molar-refractivity contribution in [3.8, 4) is 11.5 Å². The average Bonchev–Trinajstić information content (AvgIpc) is 2.78. The molecule has 0 bridgehead atoms. The van der Waals surface area contributed by atoms with E-state index in [2.05, 4.69) is 44.1 Å². The van der Waals surface area contributed by atoms with Crippen LogP contribution >= 0.6 is 31.9 Å². The summed E-state index contributed by atoms with van der Waals surface area (Å²) in [5.74, 6) is -0.888. The number of nitrogens with zero attached hydrogens (tertiary/aromatic N) is 1. The lowest BCUT2D eigenvalue weighted by atomic mass is 10.1. The summed E-state index contributed by atoms with van der Waals surface area (Å²) in [7, 11) is 0. The first-order chi connectivity index (χ1) is 16.3. The van der Waals surface area contributed by atoms with E-state index in [0.717, 1.165) is 17.7 Å². The van der Waals surface area contributed by atoms with E-state index in [4.69, 9.17) is 4.74 Å². The lowest BCUT2D eigenvalue weighted by Gasteiger charge is -2.26. The number of barbiturate groups is 1. The minimum absolute atomic E-state index is 0.00559. The molecule has 2 aromatic carbocycles. The molecule has 1 aliphatic rings. The van der Waals surface area contributed by atoms with Crippen molar-refractivity contribution in [1.29, 1.82) is 0 Å². The topological polar surface area (TPSA) is 95.9 Å². The maximum absolute atomic E-state index is 13.0. The lowest BCUT2D eigenvalue weighted by Crippen LogP contribution is -2.54. The van der Waals surface area contributed by atoms with Crippen molar-refractivity contribution in [2.75, 3.05) is 11.5 Å². The highest BCUT2D eigenvalue weighted by molar-refractivity contribution is 9.11. The summed E-state index contributed by atoms with van der Waals surface area (Å²) in [6.45, 7) is 2.79. The number of urea groups is 1. The largest absolute Gasteiger partial charge is 0.508 e. The molecule has 4 amide bonds. The number of hydrogen-bond acceptors (Lipinski definition) is 5. The Hall–Kier alpha value is -2.65. The van der Waals surface area contributed by atoms with Crippen molar-refractivity contribution in [3.63, 3.8) is 0 Å². The van der Waals surface area contributed by atoms with Crippen LogP contribution in [-0.2, 0) is 9.59 Å². The highest BCUT2D eigenvalue weighted by Gasteiger charge is 2.36. The van der Waals surface area contributed by atoms with E-state index in [9.17, 15) is 19.5 Å². The van der Waals surface area contributed by atoms with E-state index in [1.54, 1.807) is 12.1 Å². The Bertz CT molecular complexity index is 1080. The Morgan fingerprint density at radius 1 is 0.971 bits per heavy atom. The second-order valence-electron chi connectivity index (χ2n) is 7.90. The molecule has 1 heterocycles. The van der Waals surface area contributed by atoms with Gasteiger partial charge in [-0.1, -0.05) is 39.0 Å². The molecule has 1 fully saturated rings. The first-order valence-electron chi connectivity index (χ1n) is 11.1. The van der Waals surface area contributed by atoms with Gasteiger partial charge in [0.1, 0.15) is 17.1 Å². The summed E-state index contributed by atoms with van der Waals surface area (Å²) in [6.07, 6.45) is 8.43. The molecule has 7 nitrogen and oxygen atoms in total. The molecular weight excluding hydrogens is 568 g/mol. The third kappa shape index (κ3) is 6.48. The number of phenols is 1. The highest BCUT2D eigenvalue weighted by atomic mass is 79.9. The summed E-state index contributed by atoms with van der Waals surface area (Å²) in [6, 6.07) is 8.19. The third-order valence-corrected chi connectivity index (χ3v) is 6.46. The van der Waals surface area contributed by atoms with Crippen molar-refractivity contribution in [3.05, 3.63) is 56.5 Å². The van der Waals surface area contributed by atoms with Crippen LogP contribution in [0.3, 0.4) is 0 Å². The van der Waals surface area contributed by atoms with E-state index < -0.39 is 17.8 Å². The number of amides is 4. The summed E-state index contributed by atoms with van der Waals surface area (Å²) in [4.78, 5) is 38.6. The lowest BCUT2D eigenvalue weighted by molar-refractivity contribution is -0.122. The van der Waals surface area contributed by atoms with Gasteiger partial charge in [0.25, 0.3) is 11.8 Å². The molecular formula is C25H26Br2N2O5. The van der Waals surface area contributed by atoms with E-state index in [1.807, 2.05) is 0 Å². The van der Waals surface area contributed by atoms with E-state index in [0.29, 0.717) is 26.9 Å². The molecule has 0 saturated carbocycles. The molecule has 0 atom stereocenters. The molecule has 0 radical (unpaired) electrons. The van der Waals surface area contributed by atoms with Crippen LogP contribution in [0.2, 0.25) is 0 Å². The number of halogens is 2. The molecule has 3 rings (SSSR count). The van der Waals surface area contributed by atoms with Gasteiger partial charge >= 0.3 is 6.03 Å². The third-order valence-electron chi connectivity index (χ3n) is 5.29. The second-order valence-corrected chi connectivity index (χ2v) is 9.61. The van der Waals surface area contributed by atoms with Crippen molar-refractivity contribution < 1.29 is 24.2 Å². The van der Waals surface area contributed by atoms with Gasteiger partial charge < -0.3 is 9.84 Å². The van der Waals surface area contributed by atoms with Gasteiger partial charge in [-0.2, -0.15) is 0 Å². The van der Waals surface area contributed by atoms with Gasteiger partial charge in [0, 0.05) is 0 Å². The Labute approximate surface area is 215 Å². The Balaban J connectivity index is 1.74. The number of phenolic OH excluding ortho intramolecular Hbond substituents is 1. The molecule has 2 aromatic rings. The SMILES string of the molecule is CCCCCCCCOc1c(Br)cc(/C=C2/C(=O)NC(=O)N(c3ccc(O)cc3)C2=O)cc1Br. The number of nitrogens with one attached hydrogen (secondary N) is 1.